The molecule has 1 saturated heterocycles. The Bertz CT molecular complexity index is 409. The first kappa shape index (κ1) is 13.0. The van der Waals surface area contributed by atoms with E-state index in [4.69, 9.17) is 5.73 Å². The molecule has 98 valence electrons. The van der Waals surface area contributed by atoms with Crippen molar-refractivity contribution >= 4 is 5.91 Å². The van der Waals surface area contributed by atoms with Crippen LogP contribution in [0, 0.1) is 0 Å². The maximum Gasteiger partial charge on any atom is 0.241 e. The summed E-state index contributed by atoms with van der Waals surface area (Å²) in [6.45, 7) is 3.83. The minimum absolute atomic E-state index is 0.113. The van der Waals surface area contributed by atoms with Crippen LogP contribution in [0.25, 0.3) is 0 Å². The van der Waals surface area contributed by atoms with Gasteiger partial charge < -0.3 is 10.6 Å². The third-order valence-corrected chi connectivity index (χ3v) is 3.59. The largest absolute Gasteiger partial charge is 0.335 e. The van der Waals surface area contributed by atoms with Gasteiger partial charge in [0.25, 0.3) is 0 Å². The second-order valence-electron chi connectivity index (χ2n) is 4.85. The highest BCUT2D eigenvalue weighted by molar-refractivity contribution is 5.83. The van der Waals surface area contributed by atoms with Gasteiger partial charge in [-0.15, -0.1) is 0 Å². The summed E-state index contributed by atoms with van der Waals surface area (Å²) in [6.07, 6.45) is 3.54. The molecule has 5 nitrogen and oxygen atoms in total. The fourth-order valence-corrected chi connectivity index (χ4v) is 2.35. The second-order valence-corrected chi connectivity index (χ2v) is 4.85. The number of rotatable bonds is 3. The number of hydrogen-bond donors (Lipinski definition) is 1. The number of pyridine rings is 1. The standard InChI is InChI=1S/C13H20N4O/c1-10-8-17(9-11-4-3-5-15-7-11)13(18)12(6-14)16(10)2/h3-5,7,10,12H,6,8-9,14H2,1-2H3. The average molecular weight is 248 g/mol. The molecular formula is C13H20N4O. The minimum atomic E-state index is -0.203. The van der Waals surface area contributed by atoms with Gasteiger partial charge in [-0.25, -0.2) is 0 Å². The van der Waals surface area contributed by atoms with E-state index in [1.165, 1.54) is 0 Å². The first-order valence-electron chi connectivity index (χ1n) is 6.23. The summed E-state index contributed by atoms with van der Waals surface area (Å²) in [7, 11) is 1.96. The third kappa shape index (κ3) is 2.52. The molecule has 0 bridgehead atoms. The SMILES string of the molecule is CC1CN(Cc2cccnc2)C(=O)C(CN)N1C. The molecule has 0 aromatic carbocycles. The summed E-state index contributed by atoms with van der Waals surface area (Å²) in [6, 6.07) is 4.00. The highest BCUT2D eigenvalue weighted by Gasteiger charge is 2.35. The molecule has 0 spiro atoms. The Morgan fingerprint density at radius 3 is 2.94 bits per heavy atom. The van der Waals surface area contributed by atoms with E-state index in [-0.39, 0.29) is 11.9 Å². The molecule has 2 N–H and O–H groups in total. The molecule has 18 heavy (non-hydrogen) atoms. The normalized spacial score (nSPS) is 25.5. The molecule has 0 saturated carbocycles. The van der Waals surface area contributed by atoms with Gasteiger partial charge in [-0.1, -0.05) is 6.07 Å². The first-order chi connectivity index (χ1) is 8.63. The molecule has 2 rings (SSSR count). The van der Waals surface area contributed by atoms with Gasteiger partial charge in [-0.2, -0.15) is 0 Å². The Morgan fingerprint density at radius 1 is 1.56 bits per heavy atom. The fraction of sp³-hybridized carbons (Fsp3) is 0.538. The highest BCUT2D eigenvalue weighted by atomic mass is 16.2. The Balaban J connectivity index is 2.11. The number of carbonyl (C=O) groups is 1. The van der Waals surface area contributed by atoms with Crippen molar-refractivity contribution in [3.05, 3.63) is 30.1 Å². The molecule has 1 aromatic heterocycles. The molecule has 2 atom stereocenters. The lowest BCUT2D eigenvalue weighted by Crippen LogP contribution is -2.61. The van der Waals surface area contributed by atoms with E-state index in [9.17, 15) is 4.79 Å². The molecule has 5 heteroatoms. The first-order valence-corrected chi connectivity index (χ1v) is 6.23. The smallest absolute Gasteiger partial charge is 0.241 e. The average Bonchev–Trinajstić information content (AvgIpc) is 2.38. The maximum atomic E-state index is 12.3. The van der Waals surface area contributed by atoms with Crippen LogP contribution >= 0.6 is 0 Å². The van der Waals surface area contributed by atoms with E-state index in [2.05, 4.69) is 16.8 Å². The van der Waals surface area contributed by atoms with Crippen molar-refractivity contribution in [3.63, 3.8) is 0 Å². The van der Waals surface area contributed by atoms with Crippen LogP contribution in [0.2, 0.25) is 0 Å². The van der Waals surface area contributed by atoms with Crippen LogP contribution in [0.5, 0.6) is 0 Å². The topological polar surface area (TPSA) is 62.5 Å². The van der Waals surface area contributed by atoms with E-state index in [1.807, 2.05) is 24.1 Å². The summed E-state index contributed by atoms with van der Waals surface area (Å²) >= 11 is 0. The van der Waals surface area contributed by atoms with Crippen LogP contribution < -0.4 is 5.73 Å². The highest BCUT2D eigenvalue weighted by Crippen LogP contribution is 2.16. The number of likely N-dealkylation sites (N-methyl/N-ethyl adjacent to an activating group) is 1. The number of piperazine rings is 1. The van der Waals surface area contributed by atoms with Crippen LogP contribution in [-0.4, -0.2) is 52.9 Å². The Hall–Kier alpha value is -1.46. The van der Waals surface area contributed by atoms with E-state index in [1.54, 1.807) is 12.4 Å². The number of nitrogens with zero attached hydrogens (tertiary/aromatic N) is 3. The zero-order chi connectivity index (χ0) is 13.1. The molecule has 1 aliphatic heterocycles. The van der Waals surface area contributed by atoms with Gasteiger partial charge in [0, 0.05) is 38.1 Å². The van der Waals surface area contributed by atoms with Crippen LogP contribution in [0.3, 0.4) is 0 Å². The number of nitrogens with two attached hydrogens (primary N) is 1. The lowest BCUT2D eigenvalue weighted by Gasteiger charge is -2.42. The van der Waals surface area contributed by atoms with Gasteiger partial charge in [0.2, 0.25) is 5.91 Å². The van der Waals surface area contributed by atoms with Crippen LogP contribution in [0.15, 0.2) is 24.5 Å². The number of hydrogen-bond acceptors (Lipinski definition) is 4. The van der Waals surface area contributed by atoms with Crippen LogP contribution in [-0.2, 0) is 11.3 Å². The zero-order valence-corrected chi connectivity index (χ0v) is 10.9. The van der Waals surface area contributed by atoms with Gasteiger partial charge in [-0.3, -0.25) is 14.7 Å². The van der Waals surface area contributed by atoms with E-state index >= 15 is 0 Å². The predicted molar refractivity (Wildman–Crippen MR) is 69.7 cm³/mol. The second kappa shape index (κ2) is 5.46. The van der Waals surface area contributed by atoms with Crippen LogP contribution in [0.4, 0.5) is 0 Å². The van der Waals surface area contributed by atoms with Crippen molar-refractivity contribution in [1.82, 2.24) is 14.8 Å². The molecule has 0 radical (unpaired) electrons. The summed E-state index contributed by atoms with van der Waals surface area (Å²) in [5.41, 5.74) is 6.75. The van der Waals surface area contributed by atoms with Crippen molar-refractivity contribution in [2.24, 2.45) is 5.73 Å². The molecule has 2 heterocycles. The fourth-order valence-electron chi connectivity index (χ4n) is 2.35. The molecule has 2 unspecified atom stereocenters. The molecule has 1 amide bonds. The summed E-state index contributed by atoms with van der Waals surface area (Å²) in [4.78, 5) is 20.3. The number of aromatic nitrogens is 1. The number of amides is 1. The van der Waals surface area contributed by atoms with Crippen molar-refractivity contribution in [3.8, 4) is 0 Å². The molecule has 1 aliphatic rings. The zero-order valence-electron chi connectivity index (χ0n) is 10.9. The van der Waals surface area contributed by atoms with Gasteiger partial charge in [0.1, 0.15) is 6.04 Å². The lowest BCUT2D eigenvalue weighted by molar-refractivity contribution is -0.143. The number of carbonyl (C=O) groups excluding carboxylic acids is 1. The maximum absolute atomic E-state index is 12.3. The van der Waals surface area contributed by atoms with E-state index in [0.717, 1.165) is 12.1 Å². The van der Waals surface area contributed by atoms with Gasteiger partial charge in [0.15, 0.2) is 0 Å². The van der Waals surface area contributed by atoms with E-state index in [0.29, 0.717) is 19.1 Å². The van der Waals surface area contributed by atoms with E-state index < -0.39 is 0 Å². The quantitative estimate of drug-likeness (QED) is 0.822. The van der Waals surface area contributed by atoms with Crippen LogP contribution in [0.1, 0.15) is 12.5 Å². The van der Waals surface area contributed by atoms with Gasteiger partial charge in [0.05, 0.1) is 0 Å². The summed E-state index contributed by atoms with van der Waals surface area (Å²) in [5.74, 6) is 0.113. The molecular weight excluding hydrogens is 228 g/mol. The van der Waals surface area contributed by atoms with Crippen molar-refractivity contribution < 1.29 is 4.79 Å². The summed E-state index contributed by atoms with van der Waals surface area (Å²) in [5, 5.41) is 0. The van der Waals surface area contributed by atoms with Crippen molar-refractivity contribution in [2.75, 3.05) is 20.1 Å². The van der Waals surface area contributed by atoms with Crippen molar-refractivity contribution in [2.45, 2.75) is 25.6 Å². The van der Waals surface area contributed by atoms with Gasteiger partial charge >= 0.3 is 0 Å². The Morgan fingerprint density at radius 2 is 2.33 bits per heavy atom. The minimum Gasteiger partial charge on any atom is -0.335 e. The predicted octanol–water partition coefficient (Wildman–Crippen LogP) is 0.0714. The van der Waals surface area contributed by atoms with Gasteiger partial charge in [-0.05, 0) is 25.6 Å². The van der Waals surface area contributed by atoms with Crippen molar-refractivity contribution in [1.29, 1.82) is 0 Å². The molecule has 0 aliphatic carbocycles. The monoisotopic (exact) mass is 248 g/mol. The lowest BCUT2D eigenvalue weighted by atomic mass is 10.1. The Kier molecular flexibility index (Phi) is 3.93. The third-order valence-electron chi connectivity index (χ3n) is 3.59. The molecule has 1 fully saturated rings. The molecule has 1 aromatic rings. The summed E-state index contributed by atoms with van der Waals surface area (Å²) < 4.78 is 0. The Labute approximate surface area is 108 Å².